The van der Waals surface area contributed by atoms with Crippen molar-refractivity contribution >= 4 is 55.0 Å². The Morgan fingerprint density at radius 1 is 1.19 bits per heavy atom. The number of hydrogen-bond acceptors (Lipinski definition) is 3. The number of anilines is 2. The lowest BCUT2D eigenvalue weighted by Gasteiger charge is -2.07. The van der Waals surface area contributed by atoms with Crippen molar-refractivity contribution in [1.82, 2.24) is 9.97 Å². The van der Waals surface area contributed by atoms with E-state index < -0.39 is 0 Å². The Labute approximate surface area is 115 Å². The summed E-state index contributed by atoms with van der Waals surface area (Å²) in [6.07, 6.45) is 1.60. The first kappa shape index (κ1) is 11.8. The maximum atomic E-state index is 5.70. The highest BCUT2D eigenvalue weighted by Crippen LogP contribution is 2.28. The summed E-state index contributed by atoms with van der Waals surface area (Å²) in [5.74, 6) is 0.652. The first-order valence-electron chi connectivity index (χ1n) is 4.36. The number of benzene rings is 1. The van der Waals surface area contributed by atoms with Crippen molar-refractivity contribution in [2.75, 3.05) is 5.32 Å². The van der Waals surface area contributed by atoms with Gasteiger partial charge in [0.1, 0.15) is 5.82 Å². The molecule has 2 aromatic rings. The lowest BCUT2D eigenvalue weighted by atomic mass is 10.3. The summed E-state index contributed by atoms with van der Waals surface area (Å²) in [5, 5.41) is 3.36. The molecule has 82 valence electrons. The molecule has 0 fully saturated rings. The third-order valence-corrected chi connectivity index (χ3v) is 3.18. The number of aromatic nitrogens is 2. The van der Waals surface area contributed by atoms with Crippen LogP contribution in [0.5, 0.6) is 0 Å². The summed E-state index contributed by atoms with van der Waals surface area (Å²) >= 11 is 12.6. The van der Waals surface area contributed by atoms with E-state index in [1.807, 2.05) is 18.2 Å². The van der Waals surface area contributed by atoms with Crippen LogP contribution in [-0.4, -0.2) is 9.97 Å². The molecule has 0 radical (unpaired) electrons. The minimum Gasteiger partial charge on any atom is -0.339 e. The van der Waals surface area contributed by atoms with Crippen molar-refractivity contribution in [2.24, 2.45) is 0 Å². The Morgan fingerprint density at radius 2 is 2.00 bits per heavy atom. The van der Waals surface area contributed by atoms with Gasteiger partial charge >= 0.3 is 0 Å². The van der Waals surface area contributed by atoms with Crippen molar-refractivity contribution in [1.29, 1.82) is 0 Å². The van der Waals surface area contributed by atoms with Gasteiger partial charge in [-0.1, -0.05) is 15.9 Å². The molecule has 1 aromatic carbocycles. The molecule has 0 aliphatic rings. The van der Waals surface area contributed by atoms with E-state index in [9.17, 15) is 0 Å². The van der Waals surface area contributed by atoms with Crippen LogP contribution < -0.4 is 5.32 Å². The van der Waals surface area contributed by atoms with Gasteiger partial charge in [0.15, 0.2) is 0 Å². The maximum absolute atomic E-state index is 5.70. The molecule has 0 aliphatic carbocycles. The van der Waals surface area contributed by atoms with Crippen LogP contribution >= 0.6 is 43.5 Å². The summed E-state index contributed by atoms with van der Waals surface area (Å²) in [6, 6.07) is 7.58. The highest BCUT2D eigenvalue weighted by molar-refractivity contribution is 9.11. The molecule has 16 heavy (non-hydrogen) atoms. The Hall–Kier alpha value is -0.650. The van der Waals surface area contributed by atoms with Crippen LogP contribution in [0.3, 0.4) is 0 Å². The molecule has 1 aromatic heterocycles. The van der Waals surface area contributed by atoms with E-state index in [0.29, 0.717) is 5.82 Å². The van der Waals surface area contributed by atoms with Gasteiger partial charge in [0.05, 0.1) is 5.69 Å². The fourth-order valence-electron chi connectivity index (χ4n) is 1.14. The van der Waals surface area contributed by atoms with Crippen LogP contribution in [-0.2, 0) is 0 Å². The maximum Gasteiger partial charge on any atom is 0.224 e. The van der Waals surface area contributed by atoms with Crippen LogP contribution in [0.25, 0.3) is 0 Å². The SMILES string of the molecule is Clc1nccc(Nc2cc(Br)ccc2Br)n1. The predicted octanol–water partition coefficient (Wildman–Crippen LogP) is 4.40. The van der Waals surface area contributed by atoms with Crippen LogP contribution in [0, 0.1) is 0 Å². The molecule has 0 aliphatic heterocycles. The normalized spacial score (nSPS) is 10.2. The number of rotatable bonds is 2. The minimum atomic E-state index is 0.219. The zero-order valence-electron chi connectivity index (χ0n) is 7.92. The topological polar surface area (TPSA) is 37.8 Å². The summed E-state index contributed by atoms with van der Waals surface area (Å²) in [5.41, 5.74) is 0.907. The van der Waals surface area contributed by atoms with Gasteiger partial charge in [0.2, 0.25) is 5.28 Å². The standard InChI is InChI=1S/C10H6Br2ClN3/c11-6-1-2-7(12)8(5-6)15-9-3-4-14-10(13)16-9/h1-5H,(H,14,15,16). The summed E-state index contributed by atoms with van der Waals surface area (Å²) < 4.78 is 1.93. The molecule has 0 atom stereocenters. The van der Waals surface area contributed by atoms with Crippen LogP contribution in [0.15, 0.2) is 39.4 Å². The third kappa shape index (κ3) is 2.93. The molecular formula is C10H6Br2ClN3. The van der Waals surface area contributed by atoms with E-state index in [-0.39, 0.29) is 5.28 Å². The van der Waals surface area contributed by atoms with Gasteiger partial charge < -0.3 is 5.32 Å². The molecular weight excluding hydrogens is 357 g/mol. The number of halogens is 3. The highest BCUT2D eigenvalue weighted by Gasteiger charge is 2.02. The van der Waals surface area contributed by atoms with Crippen molar-refractivity contribution < 1.29 is 0 Å². The van der Waals surface area contributed by atoms with E-state index in [0.717, 1.165) is 14.6 Å². The van der Waals surface area contributed by atoms with E-state index in [4.69, 9.17) is 11.6 Å². The Kier molecular flexibility index (Phi) is 3.78. The lowest BCUT2D eigenvalue weighted by molar-refractivity contribution is 1.17. The average molecular weight is 363 g/mol. The zero-order chi connectivity index (χ0) is 11.5. The monoisotopic (exact) mass is 361 g/mol. The summed E-state index contributed by atoms with van der Waals surface area (Å²) in [4.78, 5) is 7.86. The summed E-state index contributed by atoms with van der Waals surface area (Å²) in [6.45, 7) is 0. The molecule has 1 N–H and O–H groups in total. The van der Waals surface area contributed by atoms with Crippen LogP contribution in [0.2, 0.25) is 5.28 Å². The van der Waals surface area contributed by atoms with Crippen LogP contribution in [0.4, 0.5) is 11.5 Å². The van der Waals surface area contributed by atoms with Crippen molar-refractivity contribution in [3.63, 3.8) is 0 Å². The molecule has 0 spiro atoms. The van der Waals surface area contributed by atoms with Gasteiger partial charge in [-0.15, -0.1) is 0 Å². The van der Waals surface area contributed by atoms with Gasteiger partial charge in [0.25, 0.3) is 0 Å². The van der Waals surface area contributed by atoms with Gasteiger partial charge in [0, 0.05) is 15.1 Å². The minimum absolute atomic E-state index is 0.219. The Morgan fingerprint density at radius 3 is 2.75 bits per heavy atom. The van der Waals surface area contributed by atoms with E-state index in [1.54, 1.807) is 12.3 Å². The van der Waals surface area contributed by atoms with Gasteiger partial charge in [-0.3, -0.25) is 0 Å². The fraction of sp³-hybridized carbons (Fsp3) is 0. The molecule has 0 amide bonds. The first-order chi connectivity index (χ1) is 7.65. The van der Waals surface area contributed by atoms with Crippen LogP contribution in [0.1, 0.15) is 0 Å². The predicted molar refractivity (Wildman–Crippen MR) is 72.2 cm³/mol. The van der Waals surface area contributed by atoms with E-state index in [2.05, 4.69) is 47.1 Å². The van der Waals surface area contributed by atoms with Crippen molar-refractivity contribution in [2.45, 2.75) is 0 Å². The van der Waals surface area contributed by atoms with Gasteiger partial charge in [-0.25, -0.2) is 9.97 Å². The Bertz CT molecular complexity index is 519. The van der Waals surface area contributed by atoms with Crippen molar-refractivity contribution in [3.8, 4) is 0 Å². The average Bonchev–Trinajstić information content (AvgIpc) is 2.24. The smallest absolute Gasteiger partial charge is 0.224 e. The van der Waals surface area contributed by atoms with E-state index in [1.165, 1.54) is 0 Å². The highest BCUT2D eigenvalue weighted by atomic mass is 79.9. The second-order valence-corrected chi connectivity index (χ2v) is 5.07. The molecule has 0 bridgehead atoms. The largest absolute Gasteiger partial charge is 0.339 e. The zero-order valence-corrected chi connectivity index (χ0v) is 11.8. The quantitative estimate of drug-likeness (QED) is 0.804. The molecule has 6 heteroatoms. The second kappa shape index (κ2) is 5.12. The van der Waals surface area contributed by atoms with E-state index >= 15 is 0 Å². The molecule has 0 saturated carbocycles. The number of nitrogens with zero attached hydrogens (tertiary/aromatic N) is 2. The molecule has 0 saturated heterocycles. The second-order valence-electron chi connectivity index (χ2n) is 2.96. The molecule has 3 nitrogen and oxygen atoms in total. The third-order valence-electron chi connectivity index (χ3n) is 1.82. The molecule has 1 heterocycles. The Balaban J connectivity index is 2.30. The summed E-state index contributed by atoms with van der Waals surface area (Å²) in [7, 11) is 0. The fourth-order valence-corrected chi connectivity index (χ4v) is 1.99. The van der Waals surface area contributed by atoms with Gasteiger partial charge in [-0.05, 0) is 51.8 Å². The molecule has 0 unspecified atom stereocenters. The van der Waals surface area contributed by atoms with Gasteiger partial charge in [-0.2, -0.15) is 0 Å². The number of hydrogen-bond donors (Lipinski definition) is 1. The first-order valence-corrected chi connectivity index (χ1v) is 6.32. The molecule has 2 rings (SSSR count). The lowest BCUT2D eigenvalue weighted by Crippen LogP contribution is -1.95. The number of nitrogens with one attached hydrogen (secondary N) is 1. The van der Waals surface area contributed by atoms with Crippen molar-refractivity contribution in [3.05, 3.63) is 44.7 Å².